The van der Waals surface area contributed by atoms with Crippen molar-refractivity contribution in [2.45, 2.75) is 26.3 Å². The van der Waals surface area contributed by atoms with Gasteiger partial charge in [-0.3, -0.25) is 9.48 Å². The summed E-state index contributed by atoms with van der Waals surface area (Å²) in [5.74, 6) is -3.85. The van der Waals surface area contributed by atoms with Crippen LogP contribution in [0.3, 0.4) is 0 Å². The highest BCUT2D eigenvalue weighted by Crippen LogP contribution is 2.09. The number of hydrogen-bond acceptors (Lipinski definition) is 3. The second-order valence-electron chi connectivity index (χ2n) is 3.88. The number of aryl methyl sites for hydroxylation is 2. The molecular weight excluding hydrogens is 232 g/mol. The van der Waals surface area contributed by atoms with Crippen molar-refractivity contribution >= 4 is 5.91 Å². The number of aliphatic hydroxyl groups is 1. The van der Waals surface area contributed by atoms with Crippen molar-refractivity contribution in [3.8, 4) is 0 Å². The Hall–Kier alpha value is -1.50. The van der Waals surface area contributed by atoms with E-state index in [0.29, 0.717) is 0 Å². The monoisotopic (exact) mass is 247 g/mol. The molecular formula is C10H15F2N3O2. The van der Waals surface area contributed by atoms with Gasteiger partial charge in [0.15, 0.2) is 0 Å². The first-order chi connectivity index (χ1) is 7.84. The predicted octanol–water partition coefficient (Wildman–Crippen LogP) is 0.244. The van der Waals surface area contributed by atoms with Gasteiger partial charge in [0.05, 0.1) is 12.2 Å². The first kappa shape index (κ1) is 13.6. The Kier molecular flexibility index (Phi) is 4.17. The lowest BCUT2D eigenvalue weighted by Gasteiger charge is -2.14. The molecule has 0 saturated heterocycles. The van der Waals surface area contributed by atoms with Gasteiger partial charge in [0.1, 0.15) is 13.2 Å². The summed E-state index contributed by atoms with van der Waals surface area (Å²) in [4.78, 5) is 11.3. The van der Waals surface area contributed by atoms with Crippen molar-refractivity contribution in [1.29, 1.82) is 0 Å². The van der Waals surface area contributed by atoms with Crippen LogP contribution in [0.4, 0.5) is 8.78 Å². The first-order valence-corrected chi connectivity index (χ1v) is 5.10. The van der Waals surface area contributed by atoms with Crippen LogP contribution < -0.4 is 5.32 Å². The van der Waals surface area contributed by atoms with E-state index in [9.17, 15) is 13.6 Å². The average molecular weight is 247 g/mol. The molecule has 1 amide bonds. The van der Waals surface area contributed by atoms with Crippen LogP contribution in [0.5, 0.6) is 0 Å². The fraction of sp³-hybridized carbons (Fsp3) is 0.600. The maximum absolute atomic E-state index is 12.6. The zero-order chi connectivity index (χ0) is 13.1. The molecule has 0 radical (unpaired) electrons. The lowest BCUT2D eigenvalue weighted by atomic mass is 10.3. The number of aliphatic hydroxyl groups excluding tert-OH is 1. The van der Waals surface area contributed by atoms with Crippen LogP contribution in [-0.2, 0) is 11.3 Å². The van der Waals surface area contributed by atoms with Gasteiger partial charge in [0, 0.05) is 5.69 Å². The van der Waals surface area contributed by atoms with Gasteiger partial charge in [0.2, 0.25) is 5.91 Å². The van der Waals surface area contributed by atoms with Crippen molar-refractivity contribution in [2.75, 3.05) is 13.2 Å². The molecule has 0 bridgehead atoms. The number of nitrogens with one attached hydrogen (secondary N) is 1. The summed E-state index contributed by atoms with van der Waals surface area (Å²) in [7, 11) is 0. The Labute approximate surface area is 97.4 Å². The van der Waals surface area contributed by atoms with Gasteiger partial charge in [-0.25, -0.2) is 8.78 Å². The number of carbonyl (C=O) groups is 1. The third-order valence-electron chi connectivity index (χ3n) is 2.17. The summed E-state index contributed by atoms with van der Waals surface area (Å²) < 4.78 is 26.7. The second-order valence-corrected chi connectivity index (χ2v) is 3.88. The molecule has 0 atom stereocenters. The zero-order valence-electron chi connectivity index (χ0n) is 9.70. The molecule has 2 N–H and O–H groups in total. The number of rotatable bonds is 5. The SMILES string of the molecule is Cc1cc(C)n(CC(=O)NCC(F)(F)CO)n1. The van der Waals surface area contributed by atoms with Crippen molar-refractivity contribution in [2.24, 2.45) is 0 Å². The van der Waals surface area contributed by atoms with E-state index in [4.69, 9.17) is 5.11 Å². The highest BCUT2D eigenvalue weighted by molar-refractivity contribution is 5.75. The Balaban J connectivity index is 2.48. The van der Waals surface area contributed by atoms with Crippen molar-refractivity contribution in [1.82, 2.24) is 15.1 Å². The second kappa shape index (κ2) is 5.22. The molecule has 0 unspecified atom stereocenters. The number of alkyl halides is 2. The number of hydrogen-bond donors (Lipinski definition) is 2. The smallest absolute Gasteiger partial charge is 0.287 e. The summed E-state index contributed by atoms with van der Waals surface area (Å²) in [6.07, 6.45) is 0. The molecule has 0 aliphatic rings. The first-order valence-electron chi connectivity index (χ1n) is 5.10. The largest absolute Gasteiger partial charge is 0.390 e. The molecule has 0 saturated carbocycles. The highest BCUT2D eigenvalue weighted by atomic mass is 19.3. The van der Waals surface area contributed by atoms with E-state index in [2.05, 4.69) is 5.10 Å². The summed E-state index contributed by atoms with van der Waals surface area (Å²) in [6.45, 7) is 1.28. The average Bonchev–Trinajstić information content (AvgIpc) is 2.55. The Morgan fingerprint density at radius 1 is 1.59 bits per heavy atom. The lowest BCUT2D eigenvalue weighted by Crippen LogP contribution is -2.40. The summed E-state index contributed by atoms with van der Waals surface area (Å²) in [5, 5.41) is 14.4. The number of aromatic nitrogens is 2. The van der Waals surface area contributed by atoms with Crippen LogP contribution in [0.15, 0.2) is 6.07 Å². The molecule has 5 nitrogen and oxygen atoms in total. The van der Waals surface area contributed by atoms with E-state index in [1.165, 1.54) is 4.68 Å². The Morgan fingerprint density at radius 3 is 2.71 bits per heavy atom. The molecule has 7 heteroatoms. The molecule has 1 aromatic heterocycles. The number of nitrogens with zero attached hydrogens (tertiary/aromatic N) is 2. The maximum atomic E-state index is 12.6. The number of amides is 1. The van der Waals surface area contributed by atoms with Gasteiger partial charge in [-0.2, -0.15) is 5.10 Å². The molecule has 17 heavy (non-hydrogen) atoms. The highest BCUT2D eigenvalue weighted by Gasteiger charge is 2.28. The topological polar surface area (TPSA) is 67.2 Å². The molecule has 0 aliphatic carbocycles. The summed E-state index contributed by atoms with van der Waals surface area (Å²) >= 11 is 0. The van der Waals surface area contributed by atoms with Crippen molar-refractivity contribution < 1.29 is 18.7 Å². The van der Waals surface area contributed by atoms with Crippen LogP contribution in [0.25, 0.3) is 0 Å². The predicted molar refractivity (Wildman–Crippen MR) is 56.7 cm³/mol. The van der Waals surface area contributed by atoms with Crippen LogP contribution in [0.1, 0.15) is 11.4 Å². The molecule has 1 aromatic rings. The van der Waals surface area contributed by atoms with Crippen molar-refractivity contribution in [3.63, 3.8) is 0 Å². The number of halogens is 2. The van der Waals surface area contributed by atoms with Crippen LogP contribution in [0.2, 0.25) is 0 Å². The van der Waals surface area contributed by atoms with Gasteiger partial charge < -0.3 is 10.4 Å². The Bertz CT molecular complexity index is 404. The molecule has 1 heterocycles. The standard InChI is InChI=1S/C10H15F2N3O2/c1-7-3-8(2)15(14-7)4-9(17)13-5-10(11,12)6-16/h3,16H,4-6H2,1-2H3,(H,13,17). The summed E-state index contributed by atoms with van der Waals surface area (Å²) in [5.41, 5.74) is 1.54. The van der Waals surface area contributed by atoms with E-state index in [1.54, 1.807) is 19.9 Å². The fourth-order valence-electron chi connectivity index (χ4n) is 1.31. The van der Waals surface area contributed by atoms with E-state index >= 15 is 0 Å². The van der Waals surface area contributed by atoms with Gasteiger partial charge in [-0.15, -0.1) is 0 Å². The van der Waals surface area contributed by atoms with E-state index in [0.717, 1.165) is 11.4 Å². The minimum atomic E-state index is -3.29. The molecule has 0 fully saturated rings. The molecule has 0 spiro atoms. The molecule has 96 valence electrons. The molecule has 1 rings (SSSR count). The molecule has 0 aliphatic heterocycles. The third kappa shape index (κ3) is 4.10. The fourth-order valence-corrected chi connectivity index (χ4v) is 1.31. The van der Waals surface area contributed by atoms with Crippen molar-refractivity contribution in [3.05, 3.63) is 17.5 Å². The Morgan fingerprint density at radius 2 is 2.24 bits per heavy atom. The van der Waals surface area contributed by atoms with Gasteiger partial charge >= 0.3 is 0 Å². The quantitative estimate of drug-likeness (QED) is 0.783. The third-order valence-corrected chi connectivity index (χ3v) is 2.17. The van der Waals surface area contributed by atoms with Crippen LogP contribution in [0, 0.1) is 13.8 Å². The van der Waals surface area contributed by atoms with Gasteiger partial charge in [0.25, 0.3) is 5.92 Å². The maximum Gasteiger partial charge on any atom is 0.287 e. The van der Waals surface area contributed by atoms with E-state index < -0.39 is 25.0 Å². The molecule has 0 aromatic carbocycles. The summed E-state index contributed by atoms with van der Waals surface area (Å²) in [6, 6.07) is 1.79. The van der Waals surface area contributed by atoms with E-state index in [1.807, 2.05) is 5.32 Å². The van der Waals surface area contributed by atoms with Crippen LogP contribution in [-0.4, -0.2) is 39.9 Å². The zero-order valence-corrected chi connectivity index (χ0v) is 9.70. The lowest BCUT2D eigenvalue weighted by molar-refractivity contribution is -0.124. The van der Waals surface area contributed by atoms with Crippen LogP contribution >= 0.6 is 0 Å². The number of carbonyl (C=O) groups excluding carboxylic acids is 1. The normalized spacial score (nSPS) is 11.6. The van der Waals surface area contributed by atoms with Gasteiger partial charge in [-0.05, 0) is 19.9 Å². The van der Waals surface area contributed by atoms with E-state index in [-0.39, 0.29) is 6.54 Å². The minimum absolute atomic E-state index is 0.110. The van der Waals surface area contributed by atoms with Gasteiger partial charge in [-0.1, -0.05) is 0 Å². The minimum Gasteiger partial charge on any atom is -0.390 e.